The number of hydrogen-bond donors (Lipinski definition) is 2. The number of carbonyl (C=O) groups is 2. The first kappa shape index (κ1) is 14.7. The van der Waals surface area contributed by atoms with Crippen LogP contribution in [0.5, 0.6) is 0 Å². The van der Waals surface area contributed by atoms with E-state index < -0.39 is 5.97 Å². The minimum atomic E-state index is -0.714. The molecular weight excluding hydrogens is 206 g/mol. The zero-order valence-corrected chi connectivity index (χ0v) is 9.65. The normalized spacial score (nSPS) is 10.8. The molecule has 92 valence electrons. The first-order valence-electron chi connectivity index (χ1n) is 5.78. The van der Waals surface area contributed by atoms with Crippen LogP contribution >= 0.6 is 0 Å². The monoisotopic (exact) mass is 227 g/mol. The van der Waals surface area contributed by atoms with E-state index in [0.717, 1.165) is 38.5 Å². The highest BCUT2D eigenvalue weighted by molar-refractivity contribution is 5.75. The highest BCUT2D eigenvalue weighted by Crippen LogP contribution is 2.07. The Hall–Kier alpha value is -1.32. The third kappa shape index (κ3) is 12.7. The van der Waals surface area contributed by atoms with Crippen LogP contribution in [0.1, 0.15) is 51.4 Å². The average molecular weight is 227 g/mol. The molecule has 0 aromatic heterocycles. The van der Waals surface area contributed by atoms with Crippen molar-refractivity contribution in [1.29, 1.82) is 0 Å². The van der Waals surface area contributed by atoms with Gasteiger partial charge in [0.2, 0.25) is 5.91 Å². The minimum Gasteiger partial charge on any atom is -0.481 e. The van der Waals surface area contributed by atoms with Crippen LogP contribution in [0.15, 0.2) is 12.2 Å². The van der Waals surface area contributed by atoms with Crippen LogP contribution in [-0.2, 0) is 9.59 Å². The zero-order chi connectivity index (χ0) is 12.2. The van der Waals surface area contributed by atoms with Crippen molar-refractivity contribution in [3.05, 3.63) is 12.2 Å². The largest absolute Gasteiger partial charge is 0.481 e. The lowest BCUT2D eigenvalue weighted by Crippen LogP contribution is -2.07. The number of amides is 1. The van der Waals surface area contributed by atoms with Crippen LogP contribution in [0.2, 0.25) is 0 Å². The molecule has 0 aliphatic rings. The number of rotatable bonds is 10. The summed E-state index contributed by atoms with van der Waals surface area (Å²) in [5.74, 6) is -1.01. The third-order valence-corrected chi connectivity index (χ3v) is 2.25. The number of nitrogens with two attached hydrogens (primary N) is 1. The molecule has 0 radical (unpaired) electrons. The van der Waals surface area contributed by atoms with Crippen molar-refractivity contribution < 1.29 is 14.7 Å². The van der Waals surface area contributed by atoms with Gasteiger partial charge in [-0.15, -0.1) is 0 Å². The van der Waals surface area contributed by atoms with Crippen molar-refractivity contribution in [2.24, 2.45) is 5.73 Å². The Labute approximate surface area is 96.5 Å². The van der Waals surface area contributed by atoms with Crippen LogP contribution in [0.25, 0.3) is 0 Å². The van der Waals surface area contributed by atoms with Crippen molar-refractivity contribution in [2.75, 3.05) is 0 Å². The number of carboxylic acid groups (broad SMARTS) is 1. The molecule has 0 saturated heterocycles. The summed E-state index contributed by atoms with van der Waals surface area (Å²) < 4.78 is 0. The average Bonchev–Trinajstić information content (AvgIpc) is 2.20. The second-order valence-electron chi connectivity index (χ2n) is 3.84. The number of aliphatic carboxylic acids is 1. The summed E-state index contributed by atoms with van der Waals surface area (Å²) in [5.41, 5.74) is 4.97. The molecule has 0 aromatic carbocycles. The van der Waals surface area contributed by atoms with Crippen LogP contribution in [0, 0.1) is 0 Å². The van der Waals surface area contributed by atoms with Gasteiger partial charge < -0.3 is 10.8 Å². The molecule has 4 heteroatoms. The molecule has 3 N–H and O–H groups in total. The fraction of sp³-hybridized carbons (Fsp3) is 0.667. The van der Waals surface area contributed by atoms with Crippen LogP contribution in [-0.4, -0.2) is 17.0 Å². The summed E-state index contributed by atoms with van der Waals surface area (Å²) in [7, 11) is 0. The summed E-state index contributed by atoms with van der Waals surface area (Å²) in [5, 5.41) is 8.41. The van der Waals surface area contributed by atoms with E-state index in [2.05, 4.69) is 0 Å². The van der Waals surface area contributed by atoms with Gasteiger partial charge >= 0.3 is 5.97 Å². The Morgan fingerprint density at radius 1 is 1.00 bits per heavy atom. The van der Waals surface area contributed by atoms with Gasteiger partial charge in [0.25, 0.3) is 0 Å². The molecule has 0 rings (SSSR count). The van der Waals surface area contributed by atoms with Gasteiger partial charge in [-0.25, -0.2) is 0 Å². The van der Waals surface area contributed by atoms with Gasteiger partial charge in [-0.05, 0) is 19.3 Å². The van der Waals surface area contributed by atoms with Crippen molar-refractivity contribution >= 4 is 11.9 Å². The predicted molar refractivity (Wildman–Crippen MR) is 62.9 cm³/mol. The summed E-state index contributed by atoms with van der Waals surface area (Å²) in [4.78, 5) is 20.6. The highest BCUT2D eigenvalue weighted by atomic mass is 16.4. The fourth-order valence-electron chi connectivity index (χ4n) is 1.39. The molecule has 0 spiro atoms. The van der Waals surface area contributed by atoms with Crippen molar-refractivity contribution in [1.82, 2.24) is 0 Å². The molecule has 0 heterocycles. The summed E-state index contributed by atoms with van der Waals surface area (Å²) in [6.07, 6.45) is 10.4. The van der Waals surface area contributed by atoms with Gasteiger partial charge in [0.15, 0.2) is 0 Å². The van der Waals surface area contributed by atoms with E-state index in [4.69, 9.17) is 10.8 Å². The second-order valence-corrected chi connectivity index (χ2v) is 3.84. The molecule has 0 unspecified atom stereocenters. The van der Waals surface area contributed by atoms with Crippen LogP contribution in [0.3, 0.4) is 0 Å². The highest BCUT2D eigenvalue weighted by Gasteiger charge is 1.95. The standard InChI is InChI=1S/C12H21NO3/c13-11(14)9-7-5-3-1-2-4-6-8-10-12(15)16/h5,7H,1-4,6,8-10H2,(H2,13,14)(H,15,16)/b7-5+. The second kappa shape index (κ2) is 10.2. The quantitative estimate of drug-likeness (QED) is 0.443. The van der Waals surface area contributed by atoms with E-state index in [-0.39, 0.29) is 12.3 Å². The molecular formula is C12H21NO3. The number of unbranched alkanes of at least 4 members (excludes halogenated alkanes) is 5. The van der Waals surface area contributed by atoms with E-state index in [0.29, 0.717) is 6.42 Å². The predicted octanol–water partition coefficient (Wildman–Crippen LogP) is 2.23. The third-order valence-electron chi connectivity index (χ3n) is 2.25. The summed E-state index contributed by atoms with van der Waals surface area (Å²) in [6.45, 7) is 0. The van der Waals surface area contributed by atoms with Crippen molar-refractivity contribution in [3.63, 3.8) is 0 Å². The van der Waals surface area contributed by atoms with E-state index in [1.54, 1.807) is 6.08 Å². The first-order chi connectivity index (χ1) is 7.63. The number of carboxylic acids is 1. The number of allylic oxidation sites excluding steroid dienone is 1. The summed E-state index contributed by atoms with van der Waals surface area (Å²) in [6, 6.07) is 0. The molecule has 0 atom stereocenters. The number of hydrogen-bond acceptors (Lipinski definition) is 2. The molecule has 0 aliphatic heterocycles. The molecule has 0 aliphatic carbocycles. The number of primary amides is 1. The lowest BCUT2D eigenvalue weighted by molar-refractivity contribution is -0.137. The van der Waals surface area contributed by atoms with Gasteiger partial charge in [0.1, 0.15) is 0 Å². The van der Waals surface area contributed by atoms with Gasteiger partial charge in [0.05, 0.1) is 0 Å². The Morgan fingerprint density at radius 2 is 1.62 bits per heavy atom. The maximum atomic E-state index is 10.4. The summed E-state index contributed by atoms with van der Waals surface area (Å²) >= 11 is 0. The van der Waals surface area contributed by atoms with Crippen LogP contribution < -0.4 is 5.73 Å². The van der Waals surface area contributed by atoms with E-state index >= 15 is 0 Å². The van der Waals surface area contributed by atoms with Crippen molar-refractivity contribution in [2.45, 2.75) is 51.4 Å². The van der Waals surface area contributed by atoms with Crippen LogP contribution in [0.4, 0.5) is 0 Å². The number of carbonyl (C=O) groups excluding carboxylic acids is 1. The van der Waals surface area contributed by atoms with E-state index in [1.807, 2.05) is 6.08 Å². The first-order valence-corrected chi connectivity index (χ1v) is 5.78. The molecule has 0 fully saturated rings. The molecule has 16 heavy (non-hydrogen) atoms. The fourth-order valence-corrected chi connectivity index (χ4v) is 1.39. The van der Waals surface area contributed by atoms with Crippen molar-refractivity contribution in [3.8, 4) is 0 Å². The topological polar surface area (TPSA) is 80.4 Å². The zero-order valence-electron chi connectivity index (χ0n) is 9.65. The lowest BCUT2D eigenvalue weighted by atomic mass is 10.1. The molecule has 0 bridgehead atoms. The Bertz CT molecular complexity index is 236. The van der Waals surface area contributed by atoms with Gasteiger partial charge in [-0.2, -0.15) is 0 Å². The Morgan fingerprint density at radius 3 is 2.25 bits per heavy atom. The SMILES string of the molecule is NC(=O)C/C=C/CCCCCCCC(=O)O. The lowest BCUT2D eigenvalue weighted by Gasteiger charge is -1.98. The smallest absolute Gasteiger partial charge is 0.303 e. The minimum absolute atomic E-state index is 0.276. The Balaban J connectivity index is 3.12. The maximum Gasteiger partial charge on any atom is 0.303 e. The van der Waals surface area contributed by atoms with Gasteiger partial charge in [-0.1, -0.05) is 31.4 Å². The molecule has 1 amide bonds. The molecule has 0 saturated carbocycles. The molecule has 0 aromatic rings. The maximum absolute atomic E-state index is 10.4. The van der Waals surface area contributed by atoms with Gasteiger partial charge in [-0.3, -0.25) is 9.59 Å². The Kier molecular flexibility index (Phi) is 9.36. The van der Waals surface area contributed by atoms with E-state index in [1.165, 1.54) is 0 Å². The van der Waals surface area contributed by atoms with E-state index in [9.17, 15) is 9.59 Å². The molecule has 4 nitrogen and oxygen atoms in total. The van der Waals surface area contributed by atoms with Gasteiger partial charge in [0, 0.05) is 12.8 Å².